The topological polar surface area (TPSA) is 85.4 Å². The van der Waals surface area contributed by atoms with Crippen LogP contribution in [0.1, 0.15) is 22.6 Å². The Morgan fingerprint density at radius 1 is 1.35 bits per heavy atom. The minimum absolute atomic E-state index is 0.196. The van der Waals surface area contributed by atoms with Gasteiger partial charge in [-0.15, -0.1) is 0 Å². The lowest BCUT2D eigenvalue weighted by molar-refractivity contribution is -0.138. The number of halogens is 2. The van der Waals surface area contributed by atoms with Gasteiger partial charge in [-0.2, -0.15) is 0 Å². The van der Waals surface area contributed by atoms with E-state index < -0.39 is 16.3 Å². The molecular formula is C16H16Cl2N2O3. The summed E-state index contributed by atoms with van der Waals surface area (Å²) in [6.07, 6.45) is 1.59. The summed E-state index contributed by atoms with van der Waals surface area (Å²) in [5.41, 5.74) is 7.91. The number of alkyl halides is 2. The number of benzene rings is 1. The minimum atomic E-state index is -1.27. The number of aromatic nitrogens is 1. The van der Waals surface area contributed by atoms with Crippen molar-refractivity contribution in [3.05, 3.63) is 59.3 Å². The number of carboxylic acids is 1. The Morgan fingerprint density at radius 3 is 2.61 bits per heavy atom. The number of pyridine rings is 1. The summed E-state index contributed by atoms with van der Waals surface area (Å²) in [5.74, 6) is -0.958. The molecule has 0 saturated carbocycles. The van der Waals surface area contributed by atoms with Crippen LogP contribution < -0.4 is 10.5 Å². The first-order valence-electron chi connectivity index (χ1n) is 6.84. The molecule has 0 aliphatic carbocycles. The van der Waals surface area contributed by atoms with Crippen molar-refractivity contribution in [3.63, 3.8) is 0 Å². The zero-order valence-corrected chi connectivity index (χ0v) is 13.9. The molecule has 1 aromatic carbocycles. The molecule has 1 aliphatic heterocycles. The van der Waals surface area contributed by atoms with Gasteiger partial charge >= 0.3 is 5.97 Å². The summed E-state index contributed by atoms with van der Waals surface area (Å²) < 4.78 is 3.81. The van der Waals surface area contributed by atoms with Crippen LogP contribution >= 0.6 is 23.2 Å². The van der Waals surface area contributed by atoms with Crippen LogP contribution in [0.4, 0.5) is 0 Å². The first kappa shape index (κ1) is 17.5. The van der Waals surface area contributed by atoms with Crippen molar-refractivity contribution in [2.24, 2.45) is 5.73 Å². The highest BCUT2D eigenvalue weighted by atomic mass is 35.5. The van der Waals surface area contributed by atoms with Crippen molar-refractivity contribution >= 4 is 29.2 Å². The fraction of sp³-hybridized carbons (Fsp3) is 0.250. The zero-order valence-electron chi connectivity index (χ0n) is 12.4. The molecule has 0 spiro atoms. The molecule has 0 bridgehead atoms. The Morgan fingerprint density at radius 2 is 2.04 bits per heavy atom. The van der Waals surface area contributed by atoms with Gasteiger partial charge in [0.15, 0.2) is 4.46 Å². The van der Waals surface area contributed by atoms with Gasteiger partial charge in [0.2, 0.25) is 5.88 Å². The van der Waals surface area contributed by atoms with Gasteiger partial charge in [0, 0.05) is 17.3 Å². The van der Waals surface area contributed by atoms with Crippen LogP contribution in [0.2, 0.25) is 0 Å². The number of hydrogen-bond acceptors (Lipinski definition) is 4. The Hall–Kier alpha value is -1.82. The lowest BCUT2D eigenvalue weighted by Crippen LogP contribution is -2.23. The van der Waals surface area contributed by atoms with Crippen LogP contribution in [-0.2, 0) is 9.25 Å². The third-order valence-electron chi connectivity index (χ3n) is 3.36. The molecule has 7 heteroatoms. The largest absolute Gasteiger partial charge is 0.481 e. The average molecular weight is 355 g/mol. The van der Waals surface area contributed by atoms with Crippen LogP contribution in [0.15, 0.2) is 42.6 Å². The van der Waals surface area contributed by atoms with E-state index in [0.29, 0.717) is 11.4 Å². The van der Waals surface area contributed by atoms with E-state index in [4.69, 9.17) is 38.8 Å². The molecular weight excluding hydrogens is 339 g/mol. The number of aryl methyl sites for hydroxylation is 1. The molecule has 1 aromatic heterocycles. The maximum atomic E-state index is 10.7. The number of carboxylic acid groups (broad SMARTS) is 1. The number of rotatable bonds is 2. The van der Waals surface area contributed by atoms with Crippen LogP contribution in [-0.4, -0.2) is 22.7 Å². The van der Waals surface area contributed by atoms with Gasteiger partial charge in [0.05, 0.1) is 0 Å². The summed E-state index contributed by atoms with van der Waals surface area (Å²) in [6.45, 7) is 2.11. The van der Waals surface area contributed by atoms with E-state index in [1.54, 1.807) is 18.3 Å². The Kier molecular flexibility index (Phi) is 5.46. The second-order valence-electron chi connectivity index (χ2n) is 5.04. The average Bonchev–Trinajstić information content (AvgIpc) is 2.91. The van der Waals surface area contributed by atoms with E-state index in [9.17, 15) is 4.79 Å². The monoisotopic (exact) mass is 354 g/mol. The van der Waals surface area contributed by atoms with E-state index in [1.165, 1.54) is 0 Å². The van der Waals surface area contributed by atoms with E-state index in [1.807, 2.05) is 31.2 Å². The summed E-state index contributed by atoms with van der Waals surface area (Å²) in [7, 11) is 0. The molecule has 2 aromatic rings. The molecule has 2 heterocycles. The van der Waals surface area contributed by atoms with Gasteiger partial charge in [0.25, 0.3) is 0 Å². The molecule has 0 saturated heterocycles. The Bertz CT molecular complexity index is 702. The number of aliphatic carboxylic acids is 1. The van der Waals surface area contributed by atoms with Crippen molar-refractivity contribution < 1.29 is 14.6 Å². The van der Waals surface area contributed by atoms with Crippen molar-refractivity contribution in [1.82, 2.24) is 4.98 Å². The van der Waals surface area contributed by atoms with Crippen molar-refractivity contribution in [1.29, 1.82) is 0 Å². The van der Waals surface area contributed by atoms with Crippen molar-refractivity contribution in [2.75, 3.05) is 6.61 Å². The summed E-state index contributed by atoms with van der Waals surface area (Å²) >= 11 is 11.4. The Labute approximate surface area is 144 Å². The highest BCUT2D eigenvalue weighted by Crippen LogP contribution is 2.31. The second kappa shape index (κ2) is 7.17. The molecule has 0 amide bonds. The molecule has 23 heavy (non-hydrogen) atoms. The number of hydrogen-bond donors (Lipinski definition) is 2. The van der Waals surface area contributed by atoms with Crippen molar-refractivity contribution in [3.8, 4) is 5.88 Å². The predicted octanol–water partition coefficient (Wildman–Crippen LogP) is 3.18. The van der Waals surface area contributed by atoms with Gasteiger partial charge in [-0.1, -0.05) is 53.5 Å². The number of nitrogens with zero attached hydrogens (tertiary/aromatic N) is 1. The molecule has 0 radical (unpaired) electrons. The lowest BCUT2D eigenvalue weighted by atomic mass is 10.0. The standard InChI is InChI=1S/C8H9Cl2N.C8H7NO3/c1-6-4-2-3-5-7(6)8(9,10)11;10-8(11)6-4-12-7-5(6)2-1-3-9-7/h2-5H,11H2,1H3;1-3,6H,4H2,(H,10,11). The molecule has 5 nitrogen and oxygen atoms in total. The van der Waals surface area contributed by atoms with E-state index >= 15 is 0 Å². The number of carbonyl (C=O) groups is 1. The second-order valence-corrected chi connectivity index (χ2v) is 6.42. The van der Waals surface area contributed by atoms with E-state index in [0.717, 1.165) is 11.1 Å². The maximum absolute atomic E-state index is 10.7. The summed E-state index contributed by atoms with van der Waals surface area (Å²) in [4.78, 5) is 14.6. The Balaban J connectivity index is 0.000000168. The fourth-order valence-electron chi connectivity index (χ4n) is 2.19. The number of ether oxygens (including phenoxy) is 1. The molecule has 1 atom stereocenters. The quantitative estimate of drug-likeness (QED) is 0.638. The molecule has 3 rings (SSSR count). The van der Waals surface area contributed by atoms with Gasteiger partial charge in [-0.3, -0.25) is 10.5 Å². The van der Waals surface area contributed by atoms with Crippen LogP contribution in [0.3, 0.4) is 0 Å². The molecule has 1 unspecified atom stereocenters. The lowest BCUT2D eigenvalue weighted by Gasteiger charge is -2.15. The van der Waals surface area contributed by atoms with Crippen LogP contribution in [0, 0.1) is 6.92 Å². The third-order valence-corrected chi connectivity index (χ3v) is 3.77. The summed E-state index contributed by atoms with van der Waals surface area (Å²) in [5, 5.41) is 8.75. The molecule has 3 N–H and O–H groups in total. The molecule has 0 fully saturated rings. The SMILES string of the molecule is Cc1ccccc1C(N)(Cl)Cl.O=C(O)C1COc2ncccc21. The fourth-order valence-corrected chi connectivity index (χ4v) is 2.62. The number of fused-ring (bicyclic) bond motifs is 1. The van der Waals surface area contributed by atoms with Crippen LogP contribution in [0.5, 0.6) is 5.88 Å². The zero-order chi connectivity index (χ0) is 17.0. The first-order chi connectivity index (χ1) is 10.8. The highest BCUT2D eigenvalue weighted by molar-refractivity contribution is 6.47. The van der Waals surface area contributed by atoms with Crippen molar-refractivity contribution in [2.45, 2.75) is 17.3 Å². The smallest absolute Gasteiger partial charge is 0.314 e. The number of nitrogens with two attached hydrogens (primary N) is 1. The first-order valence-corrected chi connectivity index (χ1v) is 7.59. The molecule has 122 valence electrons. The van der Waals surface area contributed by atoms with Gasteiger partial charge in [-0.25, -0.2) is 4.98 Å². The van der Waals surface area contributed by atoms with E-state index in [2.05, 4.69) is 4.98 Å². The van der Waals surface area contributed by atoms with Gasteiger partial charge < -0.3 is 9.84 Å². The normalized spacial score (nSPS) is 15.9. The molecule has 1 aliphatic rings. The highest BCUT2D eigenvalue weighted by Gasteiger charge is 2.30. The maximum Gasteiger partial charge on any atom is 0.314 e. The van der Waals surface area contributed by atoms with Crippen LogP contribution in [0.25, 0.3) is 0 Å². The van der Waals surface area contributed by atoms with E-state index in [-0.39, 0.29) is 6.61 Å². The third kappa shape index (κ3) is 4.34. The predicted molar refractivity (Wildman–Crippen MR) is 88.9 cm³/mol. The summed E-state index contributed by atoms with van der Waals surface area (Å²) in [6, 6.07) is 10.9. The van der Waals surface area contributed by atoms with Gasteiger partial charge in [0.1, 0.15) is 12.5 Å². The minimum Gasteiger partial charge on any atom is -0.481 e. The van der Waals surface area contributed by atoms with Gasteiger partial charge in [-0.05, 0) is 18.6 Å².